The predicted octanol–water partition coefficient (Wildman–Crippen LogP) is 6.75. The number of nitrogens with zero attached hydrogens (tertiary/aromatic N) is 2. The smallest absolute Gasteiger partial charge is 0.336 e. The minimum absolute atomic E-state index is 0.0415. The van der Waals surface area contributed by atoms with Crippen LogP contribution in [0.15, 0.2) is 54.1 Å². The first-order valence-electron chi connectivity index (χ1n) is 14.3. The molecule has 3 aromatic carbocycles. The van der Waals surface area contributed by atoms with Crippen LogP contribution in [-0.2, 0) is 11.2 Å². The van der Waals surface area contributed by atoms with Crippen LogP contribution in [0.3, 0.4) is 0 Å². The van der Waals surface area contributed by atoms with Gasteiger partial charge in [-0.05, 0) is 95.1 Å². The molecule has 5 rings (SSSR count). The van der Waals surface area contributed by atoms with E-state index in [1.54, 1.807) is 48.5 Å². The second-order valence-electron chi connectivity index (χ2n) is 11.1. The number of allylic oxidation sites excluding steroid dienone is 1. The highest BCUT2D eigenvalue weighted by Gasteiger charge is 2.28. The van der Waals surface area contributed by atoms with E-state index in [0.717, 1.165) is 11.7 Å². The minimum atomic E-state index is -1.26. The van der Waals surface area contributed by atoms with Crippen molar-refractivity contribution in [3.8, 4) is 28.7 Å². The van der Waals surface area contributed by atoms with Gasteiger partial charge in [-0.25, -0.2) is 4.79 Å². The molecule has 10 nitrogen and oxygen atoms in total. The van der Waals surface area contributed by atoms with Crippen molar-refractivity contribution in [2.45, 2.75) is 66.3 Å². The molecule has 0 atom stereocenters. The van der Waals surface area contributed by atoms with Crippen molar-refractivity contribution in [1.29, 1.82) is 0 Å². The Kier molecular flexibility index (Phi) is 9.05. The summed E-state index contributed by atoms with van der Waals surface area (Å²) in [6.07, 6.45) is -0.593. The van der Waals surface area contributed by atoms with Crippen molar-refractivity contribution in [1.82, 2.24) is 8.75 Å². The van der Waals surface area contributed by atoms with Crippen LogP contribution in [-0.4, -0.2) is 50.7 Å². The highest BCUT2D eigenvalue weighted by atomic mass is 32.1. The number of benzene rings is 3. The van der Waals surface area contributed by atoms with E-state index in [4.69, 9.17) is 23.7 Å². The molecule has 1 aliphatic heterocycles. The van der Waals surface area contributed by atoms with Crippen molar-refractivity contribution in [2.75, 3.05) is 6.79 Å². The molecule has 44 heavy (non-hydrogen) atoms. The molecule has 0 radical (unpaired) electrons. The van der Waals surface area contributed by atoms with E-state index >= 15 is 0 Å². The number of hydrogen-bond acceptors (Lipinski definition) is 10. The van der Waals surface area contributed by atoms with E-state index in [2.05, 4.69) is 8.75 Å². The topological polar surface area (TPSA) is 126 Å². The average molecular weight is 619 g/mol. The van der Waals surface area contributed by atoms with Gasteiger partial charge in [-0.2, -0.15) is 8.75 Å². The Hall–Kier alpha value is -4.64. The monoisotopic (exact) mass is 618 g/mol. The molecule has 0 fully saturated rings. The molecule has 0 bridgehead atoms. The van der Waals surface area contributed by atoms with Crippen molar-refractivity contribution in [3.05, 3.63) is 70.8 Å². The lowest BCUT2D eigenvalue weighted by atomic mass is 9.89. The summed E-state index contributed by atoms with van der Waals surface area (Å²) in [4.78, 5) is 27.3. The van der Waals surface area contributed by atoms with Crippen LogP contribution >= 0.6 is 11.7 Å². The van der Waals surface area contributed by atoms with Gasteiger partial charge in [0.05, 0.1) is 35.6 Å². The molecule has 2 heterocycles. The Morgan fingerprint density at radius 1 is 0.795 bits per heavy atom. The summed E-state index contributed by atoms with van der Waals surface area (Å²) in [5.41, 5.74) is 2.28. The van der Waals surface area contributed by atoms with Gasteiger partial charge >= 0.3 is 5.97 Å². The van der Waals surface area contributed by atoms with Gasteiger partial charge in [-0.15, -0.1) is 0 Å². The number of hydrogen-bond donors (Lipinski definition) is 1. The Morgan fingerprint density at radius 2 is 1.41 bits per heavy atom. The van der Waals surface area contributed by atoms with Crippen LogP contribution in [0.1, 0.15) is 63.0 Å². The Balaban J connectivity index is 1.71. The summed E-state index contributed by atoms with van der Waals surface area (Å²) >= 11 is 1.03. The van der Waals surface area contributed by atoms with E-state index in [1.807, 2.05) is 41.5 Å². The van der Waals surface area contributed by atoms with Gasteiger partial charge in [0.25, 0.3) is 0 Å². The van der Waals surface area contributed by atoms with Crippen molar-refractivity contribution in [3.63, 3.8) is 0 Å². The molecule has 0 saturated heterocycles. The largest absolute Gasteiger partial charge is 0.487 e. The first-order valence-corrected chi connectivity index (χ1v) is 15.0. The van der Waals surface area contributed by atoms with Gasteiger partial charge in [0.1, 0.15) is 11.0 Å². The summed E-state index contributed by atoms with van der Waals surface area (Å²) in [5.74, 6) is 0.508. The van der Waals surface area contributed by atoms with Gasteiger partial charge in [-0.3, -0.25) is 4.79 Å². The van der Waals surface area contributed by atoms with E-state index in [0.29, 0.717) is 50.9 Å². The lowest BCUT2D eigenvalue weighted by Crippen LogP contribution is -2.16. The van der Waals surface area contributed by atoms with Crippen molar-refractivity contribution in [2.24, 2.45) is 0 Å². The molecule has 0 aliphatic carbocycles. The standard InChI is InChI=1S/C33H34N2O8S/c1-17(2)41-28-12-20(13-29(42-18(3)4)32(28)43-19(5)6)11-23(31(36)22-8-10-26-27(15-22)40-16-39-26)30(33(37)38)21-7-9-24-25(14-21)35-44-34-24/h7-10,12-15,17-19H,11,16H2,1-6H3,(H,37,38). The number of carbonyl (C=O) groups excluding carboxylic acids is 1. The molecule has 1 N–H and O–H groups in total. The van der Waals surface area contributed by atoms with Gasteiger partial charge in [0, 0.05) is 17.6 Å². The molecule has 0 unspecified atom stereocenters. The van der Waals surface area contributed by atoms with Crippen LogP contribution < -0.4 is 23.7 Å². The van der Waals surface area contributed by atoms with Gasteiger partial charge in [0.15, 0.2) is 28.8 Å². The first-order chi connectivity index (χ1) is 21.0. The number of carboxylic acids is 1. The van der Waals surface area contributed by atoms with Crippen LogP contribution in [0.5, 0.6) is 28.7 Å². The number of carboxylic acid groups (broad SMARTS) is 1. The fraction of sp³-hybridized carbons (Fsp3) is 0.333. The zero-order valence-electron chi connectivity index (χ0n) is 25.4. The minimum Gasteiger partial charge on any atom is -0.487 e. The maximum absolute atomic E-state index is 14.3. The normalized spacial score (nSPS) is 13.0. The number of carbonyl (C=O) groups is 2. The van der Waals surface area contributed by atoms with E-state index in [1.165, 1.54) is 0 Å². The highest BCUT2D eigenvalue weighted by molar-refractivity contribution is 7.00. The van der Waals surface area contributed by atoms with Crippen LogP contribution in [0, 0.1) is 0 Å². The summed E-state index contributed by atoms with van der Waals surface area (Å²) in [6, 6.07) is 13.3. The molecular formula is C33H34N2O8S. The number of aromatic nitrogens is 2. The Morgan fingerprint density at radius 3 is 2.05 bits per heavy atom. The van der Waals surface area contributed by atoms with Crippen molar-refractivity contribution >= 4 is 40.1 Å². The second-order valence-corrected chi connectivity index (χ2v) is 11.6. The molecule has 0 amide bonds. The van der Waals surface area contributed by atoms with E-state index < -0.39 is 11.8 Å². The average Bonchev–Trinajstić information content (AvgIpc) is 3.62. The predicted molar refractivity (Wildman–Crippen MR) is 166 cm³/mol. The number of rotatable bonds is 12. The van der Waals surface area contributed by atoms with E-state index in [-0.39, 0.29) is 48.2 Å². The maximum Gasteiger partial charge on any atom is 0.336 e. The molecule has 1 aliphatic rings. The molecule has 4 aromatic rings. The lowest BCUT2D eigenvalue weighted by Gasteiger charge is -2.23. The van der Waals surface area contributed by atoms with Crippen LogP contribution in [0.4, 0.5) is 0 Å². The number of fused-ring (bicyclic) bond motifs is 2. The highest BCUT2D eigenvalue weighted by Crippen LogP contribution is 2.42. The number of aliphatic carboxylic acids is 1. The fourth-order valence-electron chi connectivity index (χ4n) is 4.83. The molecule has 0 spiro atoms. The summed E-state index contributed by atoms with van der Waals surface area (Å²) in [6.45, 7) is 11.4. The Labute approximate surface area is 259 Å². The number of Topliss-reactive ketones (excluding diaryl/α,β-unsaturated/α-hetero) is 1. The number of ether oxygens (including phenoxy) is 5. The molecule has 0 saturated carbocycles. The fourth-order valence-corrected chi connectivity index (χ4v) is 5.35. The third-order valence-corrected chi connectivity index (χ3v) is 7.06. The quantitative estimate of drug-likeness (QED) is 0.135. The van der Waals surface area contributed by atoms with Crippen LogP contribution in [0.25, 0.3) is 16.6 Å². The Bertz CT molecular complexity index is 1710. The third-order valence-electron chi connectivity index (χ3n) is 6.51. The molecule has 1 aromatic heterocycles. The molecule has 230 valence electrons. The second kappa shape index (κ2) is 12.9. The first kappa shape index (κ1) is 30.8. The van der Waals surface area contributed by atoms with Crippen molar-refractivity contribution < 1.29 is 38.4 Å². The SMILES string of the molecule is CC(C)Oc1cc(CC(C(=O)c2ccc3c(c2)OCO3)=C(C(=O)O)c2ccc3nsnc3c2)cc(OC(C)C)c1OC(C)C. The van der Waals surface area contributed by atoms with Gasteiger partial charge < -0.3 is 28.8 Å². The summed E-state index contributed by atoms with van der Waals surface area (Å²) in [5, 5.41) is 10.6. The molecular weight excluding hydrogens is 584 g/mol. The van der Waals surface area contributed by atoms with E-state index in [9.17, 15) is 14.7 Å². The zero-order valence-corrected chi connectivity index (χ0v) is 26.2. The third kappa shape index (κ3) is 6.78. The van der Waals surface area contributed by atoms with Gasteiger partial charge in [0.2, 0.25) is 12.5 Å². The van der Waals surface area contributed by atoms with Gasteiger partial charge in [-0.1, -0.05) is 6.07 Å². The summed E-state index contributed by atoms with van der Waals surface area (Å²) in [7, 11) is 0. The maximum atomic E-state index is 14.3. The molecule has 11 heteroatoms. The zero-order chi connectivity index (χ0) is 31.5. The lowest BCUT2D eigenvalue weighted by molar-refractivity contribution is -0.130. The summed E-state index contributed by atoms with van der Waals surface area (Å²) < 4.78 is 37.8. The number of ketones is 1. The van der Waals surface area contributed by atoms with Crippen LogP contribution in [0.2, 0.25) is 0 Å².